The van der Waals surface area contributed by atoms with Gasteiger partial charge >= 0.3 is 0 Å². The van der Waals surface area contributed by atoms with E-state index in [1.807, 2.05) is 65.6 Å². The van der Waals surface area contributed by atoms with Crippen LogP contribution in [0.3, 0.4) is 0 Å². The quantitative estimate of drug-likeness (QED) is 0.390. The highest BCUT2D eigenvalue weighted by atomic mass is 35.5. The number of halogens is 2. The minimum atomic E-state index is -0.819. The average Bonchev–Trinajstić information content (AvgIpc) is 3.44. The zero-order valence-corrected chi connectivity index (χ0v) is 24.4. The van der Waals surface area contributed by atoms with E-state index >= 15 is 0 Å². The van der Waals surface area contributed by atoms with E-state index in [-0.39, 0.29) is 17.9 Å². The number of nitrogens with zero attached hydrogens (tertiary/aromatic N) is 2. The number of amides is 2. The molecule has 2 aliphatic rings. The fourth-order valence-electron chi connectivity index (χ4n) is 6.86. The third-order valence-electron chi connectivity index (χ3n) is 9.07. The van der Waals surface area contributed by atoms with E-state index in [0.717, 1.165) is 17.7 Å². The largest absolute Gasteiger partial charge is 0.496 e. The molecule has 0 spiro atoms. The lowest BCUT2D eigenvalue weighted by molar-refractivity contribution is -0.127. The van der Waals surface area contributed by atoms with Crippen molar-refractivity contribution in [2.45, 2.75) is 43.1 Å². The smallest absolute Gasteiger partial charge is 0.257 e. The van der Waals surface area contributed by atoms with Crippen molar-refractivity contribution < 1.29 is 14.3 Å². The van der Waals surface area contributed by atoms with E-state index in [9.17, 15) is 9.59 Å². The number of carbonyl (C=O) groups excluding carboxylic acids is 2. The number of carbonyl (C=O) groups is 2. The number of para-hydroxylation sites is 1. The highest BCUT2D eigenvalue weighted by Crippen LogP contribution is 2.49. The molecule has 3 unspecified atom stereocenters. The summed E-state index contributed by atoms with van der Waals surface area (Å²) in [5.41, 5.74) is 7.37. The molecule has 2 amide bonds. The second-order valence-corrected chi connectivity index (χ2v) is 11.7. The Morgan fingerprint density at radius 1 is 0.950 bits per heavy atom. The number of likely N-dealkylation sites (tertiary alicyclic amines) is 2. The molecular weight excluding hydrogens is 545 g/mol. The Hall–Kier alpha value is -3.06. The fourth-order valence-corrected chi connectivity index (χ4v) is 7.16. The van der Waals surface area contributed by atoms with Crippen LogP contribution < -0.4 is 10.5 Å². The lowest BCUT2D eigenvalue weighted by Gasteiger charge is -2.52. The first-order valence-electron chi connectivity index (χ1n) is 13.7. The number of nitrogens with two attached hydrogens (primary N) is 1. The molecule has 2 N–H and O–H groups in total. The summed E-state index contributed by atoms with van der Waals surface area (Å²) in [6.07, 6.45) is 1.88. The first-order valence-corrected chi connectivity index (χ1v) is 14.5. The van der Waals surface area contributed by atoms with Crippen molar-refractivity contribution in [2.24, 2.45) is 5.73 Å². The van der Waals surface area contributed by atoms with Crippen LogP contribution in [0.2, 0.25) is 10.0 Å². The lowest BCUT2D eigenvalue weighted by Crippen LogP contribution is -2.61. The van der Waals surface area contributed by atoms with Crippen LogP contribution in [0.25, 0.3) is 0 Å². The van der Waals surface area contributed by atoms with Crippen LogP contribution in [0.5, 0.6) is 5.75 Å². The summed E-state index contributed by atoms with van der Waals surface area (Å²) in [5.74, 6) is 0.148. The topological polar surface area (TPSA) is 75.9 Å². The number of hydrogen-bond donors (Lipinski definition) is 1. The minimum Gasteiger partial charge on any atom is -0.496 e. The summed E-state index contributed by atoms with van der Waals surface area (Å²) in [7, 11) is 1.57. The van der Waals surface area contributed by atoms with Gasteiger partial charge in [0.1, 0.15) is 5.75 Å². The Morgan fingerprint density at radius 2 is 1.68 bits per heavy atom. The number of ether oxygens (including phenoxy) is 1. The third-order valence-corrected chi connectivity index (χ3v) is 9.81. The van der Waals surface area contributed by atoms with Crippen molar-refractivity contribution in [3.05, 3.63) is 99.5 Å². The van der Waals surface area contributed by atoms with Gasteiger partial charge in [-0.25, -0.2) is 0 Å². The van der Waals surface area contributed by atoms with Crippen LogP contribution in [0.15, 0.2) is 72.8 Å². The summed E-state index contributed by atoms with van der Waals surface area (Å²) in [5, 5.41) is 0.948. The van der Waals surface area contributed by atoms with Crippen molar-refractivity contribution in [3.8, 4) is 5.75 Å². The molecule has 3 atom stereocenters. The molecule has 0 aromatic heterocycles. The second kappa shape index (κ2) is 11.4. The molecule has 2 fully saturated rings. The molecule has 2 aliphatic heterocycles. The van der Waals surface area contributed by atoms with Crippen LogP contribution in [0.1, 0.15) is 47.7 Å². The first-order chi connectivity index (χ1) is 19.3. The summed E-state index contributed by atoms with van der Waals surface area (Å²) in [6.45, 7) is 4.68. The number of rotatable bonds is 7. The Bertz CT molecular complexity index is 1400. The molecule has 0 aliphatic carbocycles. The lowest BCUT2D eigenvalue weighted by atomic mass is 9.61. The maximum Gasteiger partial charge on any atom is 0.257 e. The van der Waals surface area contributed by atoms with Crippen LogP contribution in [-0.2, 0) is 15.6 Å². The van der Waals surface area contributed by atoms with E-state index in [2.05, 4.69) is 11.8 Å². The molecule has 0 radical (unpaired) electrons. The summed E-state index contributed by atoms with van der Waals surface area (Å²) >= 11 is 12.9. The van der Waals surface area contributed by atoms with Crippen molar-refractivity contribution in [2.75, 3.05) is 33.3 Å². The van der Waals surface area contributed by atoms with Gasteiger partial charge < -0.3 is 15.4 Å². The normalized spacial score (nSPS) is 25.1. The molecule has 210 valence electrons. The summed E-state index contributed by atoms with van der Waals surface area (Å²) in [4.78, 5) is 31.5. The number of primary amides is 1. The van der Waals surface area contributed by atoms with E-state index in [1.54, 1.807) is 19.2 Å². The highest BCUT2D eigenvalue weighted by Gasteiger charge is 2.55. The van der Waals surface area contributed by atoms with Gasteiger partial charge in [-0.05, 0) is 67.7 Å². The zero-order chi connectivity index (χ0) is 28.5. The van der Waals surface area contributed by atoms with Gasteiger partial charge in [-0.1, -0.05) is 78.7 Å². The van der Waals surface area contributed by atoms with Gasteiger partial charge in [0.15, 0.2) is 0 Å². The first kappa shape index (κ1) is 28.5. The van der Waals surface area contributed by atoms with E-state index in [1.165, 1.54) is 0 Å². The highest BCUT2D eigenvalue weighted by molar-refractivity contribution is 6.42. The Balaban J connectivity index is 1.62. The molecule has 2 saturated heterocycles. The molecule has 0 bridgehead atoms. The van der Waals surface area contributed by atoms with Crippen LogP contribution in [-0.4, -0.2) is 60.9 Å². The van der Waals surface area contributed by atoms with E-state index < -0.39 is 10.8 Å². The molecule has 2 heterocycles. The molecule has 3 aromatic rings. The predicted molar refractivity (Wildman–Crippen MR) is 159 cm³/mol. The van der Waals surface area contributed by atoms with Crippen molar-refractivity contribution in [1.29, 1.82) is 0 Å². The molecule has 40 heavy (non-hydrogen) atoms. The SMILES string of the molecule is CCN1CCC(C(N)=O)(c2ccccc2)CC1C1(c2ccc(Cl)c(Cl)c2)CCN(C(=O)c2ccccc2OC)C1. The summed E-state index contributed by atoms with van der Waals surface area (Å²) < 4.78 is 5.51. The number of hydrogen-bond acceptors (Lipinski definition) is 4. The zero-order valence-electron chi connectivity index (χ0n) is 22.9. The molecule has 0 saturated carbocycles. The maximum atomic E-state index is 13.9. The predicted octanol–water partition coefficient (Wildman–Crippen LogP) is 5.69. The van der Waals surface area contributed by atoms with Crippen molar-refractivity contribution in [3.63, 3.8) is 0 Å². The van der Waals surface area contributed by atoms with Gasteiger partial charge in [0, 0.05) is 24.5 Å². The van der Waals surface area contributed by atoms with Gasteiger partial charge in [-0.3, -0.25) is 14.5 Å². The van der Waals surface area contributed by atoms with Gasteiger partial charge in [0.05, 0.1) is 28.1 Å². The van der Waals surface area contributed by atoms with Gasteiger partial charge in [0.25, 0.3) is 5.91 Å². The fraction of sp³-hybridized carbons (Fsp3) is 0.375. The molecule has 5 rings (SSSR count). The Morgan fingerprint density at radius 3 is 2.35 bits per heavy atom. The number of methoxy groups -OCH3 is 1. The molecule has 6 nitrogen and oxygen atoms in total. The Kier molecular flexibility index (Phi) is 8.14. The number of likely N-dealkylation sites (N-methyl/N-ethyl adjacent to an activating group) is 1. The molecular formula is C32H35Cl2N3O3. The van der Waals surface area contributed by atoms with Crippen molar-refractivity contribution >= 4 is 35.0 Å². The van der Waals surface area contributed by atoms with Gasteiger partial charge in [-0.15, -0.1) is 0 Å². The number of piperidine rings is 1. The van der Waals surface area contributed by atoms with Gasteiger partial charge in [-0.2, -0.15) is 0 Å². The van der Waals surface area contributed by atoms with E-state index in [0.29, 0.717) is 60.3 Å². The van der Waals surface area contributed by atoms with Crippen LogP contribution in [0, 0.1) is 0 Å². The molecule has 8 heteroatoms. The van der Waals surface area contributed by atoms with Crippen LogP contribution >= 0.6 is 23.2 Å². The third kappa shape index (κ3) is 4.87. The minimum absolute atomic E-state index is 0.0772. The summed E-state index contributed by atoms with van der Waals surface area (Å²) in [6, 6.07) is 22.9. The van der Waals surface area contributed by atoms with Gasteiger partial charge in [0.2, 0.25) is 5.91 Å². The molecule has 3 aromatic carbocycles. The standard InChI is InChI=1S/C32H35Cl2N3O3/c1-3-36-17-15-31(30(35)39,22-9-5-4-6-10-22)20-28(36)32(23-13-14-25(33)26(34)19-23)16-18-37(21-32)29(38)24-11-7-8-12-27(24)40-2/h4-14,19,28H,3,15-18,20-21H2,1-2H3,(H2,35,39). The second-order valence-electron chi connectivity index (χ2n) is 10.9. The monoisotopic (exact) mass is 579 g/mol. The average molecular weight is 581 g/mol. The number of benzene rings is 3. The maximum absolute atomic E-state index is 13.9. The van der Waals surface area contributed by atoms with Crippen LogP contribution in [0.4, 0.5) is 0 Å². The van der Waals surface area contributed by atoms with Crippen molar-refractivity contribution in [1.82, 2.24) is 9.80 Å². The Labute approximate surface area is 246 Å². The van der Waals surface area contributed by atoms with E-state index in [4.69, 9.17) is 33.7 Å².